The SMILES string of the molecule is Cl.Fc1ccc(F)c(-n2nc(OC[C@@H]3CCNC3)c3cc(F)ccc32)c1. The Morgan fingerprint density at radius 2 is 1.88 bits per heavy atom. The zero-order valence-electron chi connectivity index (χ0n) is 13.7. The third-order valence-corrected chi connectivity index (χ3v) is 4.36. The van der Waals surface area contributed by atoms with Crippen LogP contribution >= 0.6 is 12.4 Å². The average Bonchev–Trinajstić information content (AvgIpc) is 3.23. The summed E-state index contributed by atoms with van der Waals surface area (Å²) in [5, 5.41) is 7.93. The molecule has 4 nitrogen and oxygen atoms in total. The minimum Gasteiger partial charge on any atom is -0.476 e. The third-order valence-electron chi connectivity index (χ3n) is 4.36. The maximum Gasteiger partial charge on any atom is 0.241 e. The van der Waals surface area contributed by atoms with E-state index in [2.05, 4.69) is 10.4 Å². The third kappa shape index (κ3) is 3.50. The molecule has 26 heavy (non-hydrogen) atoms. The monoisotopic (exact) mass is 383 g/mol. The van der Waals surface area contributed by atoms with Gasteiger partial charge in [-0.15, -0.1) is 17.5 Å². The number of ether oxygens (including phenoxy) is 1. The van der Waals surface area contributed by atoms with Gasteiger partial charge in [0.2, 0.25) is 5.88 Å². The van der Waals surface area contributed by atoms with E-state index in [0.29, 0.717) is 23.4 Å². The summed E-state index contributed by atoms with van der Waals surface area (Å²) in [7, 11) is 0. The summed E-state index contributed by atoms with van der Waals surface area (Å²) in [5.41, 5.74) is 0.402. The van der Waals surface area contributed by atoms with Crippen molar-refractivity contribution in [2.24, 2.45) is 5.92 Å². The first-order chi connectivity index (χ1) is 12.1. The number of nitrogens with one attached hydrogen (secondary N) is 1. The molecule has 1 aliphatic rings. The fourth-order valence-corrected chi connectivity index (χ4v) is 3.05. The van der Waals surface area contributed by atoms with Gasteiger partial charge in [-0.2, -0.15) is 0 Å². The summed E-state index contributed by atoms with van der Waals surface area (Å²) in [4.78, 5) is 0. The Kier molecular flexibility index (Phi) is 5.38. The summed E-state index contributed by atoms with van der Waals surface area (Å²) in [6.07, 6.45) is 0.992. The predicted molar refractivity (Wildman–Crippen MR) is 94.7 cm³/mol. The lowest BCUT2D eigenvalue weighted by Crippen LogP contribution is -2.15. The molecule has 0 radical (unpaired) electrons. The van der Waals surface area contributed by atoms with Crippen molar-refractivity contribution in [3.63, 3.8) is 0 Å². The summed E-state index contributed by atoms with van der Waals surface area (Å²) < 4.78 is 48.4. The molecule has 3 aromatic rings. The van der Waals surface area contributed by atoms with E-state index in [-0.39, 0.29) is 24.0 Å². The van der Waals surface area contributed by atoms with Crippen molar-refractivity contribution in [1.29, 1.82) is 0 Å². The molecule has 1 saturated heterocycles. The first-order valence-corrected chi connectivity index (χ1v) is 8.09. The van der Waals surface area contributed by atoms with E-state index in [0.717, 1.165) is 37.7 Å². The molecule has 8 heteroatoms. The van der Waals surface area contributed by atoms with Crippen LogP contribution in [0, 0.1) is 23.4 Å². The van der Waals surface area contributed by atoms with Gasteiger partial charge in [-0.1, -0.05) is 0 Å². The van der Waals surface area contributed by atoms with Crippen molar-refractivity contribution >= 4 is 23.3 Å². The second kappa shape index (κ2) is 7.55. The Morgan fingerprint density at radius 1 is 1.12 bits per heavy atom. The predicted octanol–water partition coefficient (Wildman–Crippen LogP) is 3.85. The molecular weight excluding hydrogens is 367 g/mol. The molecular formula is C18H17ClF3N3O. The lowest BCUT2D eigenvalue weighted by Gasteiger charge is -2.08. The first kappa shape index (κ1) is 18.5. The van der Waals surface area contributed by atoms with Gasteiger partial charge in [0.25, 0.3) is 0 Å². The lowest BCUT2D eigenvalue weighted by atomic mass is 10.1. The minimum atomic E-state index is -0.623. The molecule has 0 saturated carbocycles. The van der Waals surface area contributed by atoms with E-state index in [1.807, 2.05) is 0 Å². The van der Waals surface area contributed by atoms with Crippen molar-refractivity contribution in [1.82, 2.24) is 15.1 Å². The van der Waals surface area contributed by atoms with Gasteiger partial charge in [-0.05, 0) is 43.3 Å². The van der Waals surface area contributed by atoms with Crippen LogP contribution < -0.4 is 10.1 Å². The van der Waals surface area contributed by atoms with Crippen molar-refractivity contribution in [3.8, 4) is 11.6 Å². The number of fused-ring (bicyclic) bond motifs is 1. The average molecular weight is 384 g/mol. The largest absolute Gasteiger partial charge is 0.476 e. The molecule has 1 aromatic heterocycles. The molecule has 2 aromatic carbocycles. The molecule has 0 amide bonds. The van der Waals surface area contributed by atoms with Gasteiger partial charge in [-0.3, -0.25) is 0 Å². The van der Waals surface area contributed by atoms with Gasteiger partial charge in [0.05, 0.1) is 17.5 Å². The van der Waals surface area contributed by atoms with Crippen molar-refractivity contribution in [2.45, 2.75) is 6.42 Å². The van der Waals surface area contributed by atoms with Crippen LogP contribution in [0.15, 0.2) is 36.4 Å². The van der Waals surface area contributed by atoms with Gasteiger partial charge in [0, 0.05) is 18.5 Å². The van der Waals surface area contributed by atoms with Gasteiger partial charge < -0.3 is 10.1 Å². The highest BCUT2D eigenvalue weighted by atomic mass is 35.5. The number of aromatic nitrogens is 2. The van der Waals surface area contributed by atoms with E-state index in [1.54, 1.807) is 0 Å². The Labute approximate surface area is 154 Å². The number of hydrogen-bond donors (Lipinski definition) is 1. The highest BCUT2D eigenvalue weighted by Gasteiger charge is 2.20. The topological polar surface area (TPSA) is 39.1 Å². The Morgan fingerprint density at radius 3 is 2.65 bits per heavy atom. The molecule has 0 spiro atoms. The number of benzene rings is 2. The molecule has 4 rings (SSSR count). The van der Waals surface area contributed by atoms with Crippen LogP contribution in [0.4, 0.5) is 13.2 Å². The van der Waals surface area contributed by atoms with Gasteiger partial charge in [0.15, 0.2) is 0 Å². The van der Waals surface area contributed by atoms with Crippen LogP contribution in [0.2, 0.25) is 0 Å². The smallest absolute Gasteiger partial charge is 0.241 e. The van der Waals surface area contributed by atoms with Gasteiger partial charge in [-0.25, -0.2) is 17.9 Å². The molecule has 138 valence electrons. The quantitative estimate of drug-likeness (QED) is 0.743. The van der Waals surface area contributed by atoms with E-state index in [1.165, 1.54) is 22.9 Å². The van der Waals surface area contributed by atoms with Crippen molar-refractivity contribution in [3.05, 3.63) is 53.8 Å². The normalized spacial score (nSPS) is 16.7. The fourth-order valence-electron chi connectivity index (χ4n) is 3.05. The zero-order valence-corrected chi connectivity index (χ0v) is 14.5. The maximum absolute atomic E-state index is 14.2. The maximum atomic E-state index is 14.2. The second-order valence-electron chi connectivity index (χ2n) is 6.14. The Bertz CT molecular complexity index is 925. The molecule has 0 aliphatic carbocycles. The van der Waals surface area contributed by atoms with Gasteiger partial charge in [0.1, 0.15) is 23.1 Å². The van der Waals surface area contributed by atoms with Crippen LogP contribution in [0.25, 0.3) is 16.6 Å². The summed E-state index contributed by atoms with van der Waals surface area (Å²) in [6, 6.07) is 7.14. The fraction of sp³-hybridized carbons (Fsp3) is 0.278. The van der Waals surface area contributed by atoms with Crippen molar-refractivity contribution in [2.75, 3.05) is 19.7 Å². The number of rotatable bonds is 4. The van der Waals surface area contributed by atoms with E-state index in [9.17, 15) is 13.2 Å². The van der Waals surface area contributed by atoms with Crippen LogP contribution in [0.1, 0.15) is 6.42 Å². The van der Waals surface area contributed by atoms with Crippen LogP contribution in [0.5, 0.6) is 5.88 Å². The summed E-state index contributed by atoms with van der Waals surface area (Å²) in [6.45, 7) is 2.22. The van der Waals surface area contributed by atoms with Crippen LogP contribution in [0.3, 0.4) is 0 Å². The molecule has 1 fully saturated rings. The first-order valence-electron chi connectivity index (χ1n) is 8.09. The van der Waals surface area contributed by atoms with Crippen molar-refractivity contribution < 1.29 is 17.9 Å². The van der Waals surface area contributed by atoms with Crippen LogP contribution in [-0.2, 0) is 0 Å². The molecule has 0 unspecified atom stereocenters. The molecule has 2 heterocycles. The molecule has 1 atom stereocenters. The Balaban J connectivity index is 0.00000196. The highest BCUT2D eigenvalue weighted by molar-refractivity contribution is 5.86. The Hall–Kier alpha value is -2.25. The number of nitrogens with zero attached hydrogens (tertiary/aromatic N) is 2. The van der Waals surface area contributed by atoms with E-state index >= 15 is 0 Å². The van der Waals surface area contributed by atoms with E-state index in [4.69, 9.17) is 4.74 Å². The second-order valence-corrected chi connectivity index (χ2v) is 6.14. The molecule has 1 N–H and O–H groups in total. The number of halogens is 4. The molecule has 1 aliphatic heterocycles. The minimum absolute atomic E-state index is 0. The highest BCUT2D eigenvalue weighted by Crippen LogP contribution is 2.30. The number of hydrogen-bond acceptors (Lipinski definition) is 3. The summed E-state index contributed by atoms with van der Waals surface area (Å²) in [5.74, 6) is -1.09. The van der Waals surface area contributed by atoms with Crippen LogP contribution in [-0.4, -0.2) is 29.5 Å². The van der Waals surface area contributed by atoms with Gasteiger partial charge >= 0.3 is 0 Å². The zero-order chi connectivity index (χ0) is 17.4. The molecule has 0 bridgehead atoms. The lowest BCUT2D eigenvalue weighted by molar-refractivity contribution is 0.252. The summed E-state index contributed by atoms with van der Waals surface area (Å²) >= 11 is 0. The standard InChI is InChI=1S/C18H16F3N3O.ClH/c19-12-2-4-16-14(7-12)18(25-10-11-5-6-22-9-11)23-24(16)17-8-13(20)1-3-15(17)21;/h1-4,7-8,11,22H,5-6,9-10H2;1H/t11-;/m1./s1. The van der Waals surface area contributed by atoms with E-state index < -0.39 is 17.5 Å².